The largest absolute Gasteiger partial charge is 0.314 e. The Morgan fingerprint density at radius 1 is 1.10 bits per heavy atom. The summed E-state index contributed by atoms with van der Waals surface area (Å²) in [5, 5.41) is 15.4. The summed E-state index contributed by atoms with van der Waals surface area (Å²) in [6.07, 6.45) is 0. The molecule has 0 aliphatic carbocycles. The zero-order valence-electron chi connectivity index (χ0n) is 11.9. The molecule has 1 aliphatic heterocycles. The molecular weight excluding hydrogens is 311 g/mol. The fourth-order valence-corrected chi connectivity index (χ4v) is 2.26. The van der Waals surface area contributed by atoms with Crippen LogP contribution in [0.15, 0.2) is 24.3 Å². The van der Waals surface area contributed by atoms with Gasteiger partial charge in [0.1, 0.15) is 0 Å². The van der Waals surface area contributed by atoms with Crippen LogP contribution >= 0.6 is 24.8 Å². The molecule has 0 amide bonds. The van der Waals surface area contributed by atoms with Gasteiger partial charge in [-0.1, -0.05) is 17.7 Å². The Hall–Kier alpha value is -1.21. The Kier molecular flexibility index (Phi) is 7.04. The number of nitrogens with zero attached hydrogens (tertiary/aromatic N) is 5. The molecule has 1 N–H and O–H groups in total. The normalized spacial score (nSPS) is 15.1. The Labute approximate surface area is 136 Å². The molecule has 3 rings (SSSR count). The Morgan fingerprint density at radius 2 is 1.76 bits per heavy atom. The summed E-state index contributed by atoms with van der Waals surface area (Å²) in [7, 11) is 0. The van der Waals surface area contributed by atoms with Crippen molar-refractivity contribution in [3.63, 3.8) is 0 Å². The van der Waals surface area contributed by atoms with Gasteiger partial charge in [-0.05, 0) is 29.5 Å². The highest BCUT2D eigenvalue weighted by atomic mass is 35.5. The van der Waals surface area contributed by atoms with Gasteiger partial charge in [-0.2, -0.15) is 4.68 Å². The molecule has 0 saturated carbocycles. The van der Waals surface area contributed by atoms with Gasteiger partial charge < -0.3 is 5.32 Å². The second-order valence-corrected chi connectivity index (χ2v) is 4.87. The van der Waals surface area contributed by atoms with Crippen LogP contribution in [-0.2, 0) is 6.54 Å². The SMILES string of the molecule is Cc1ccc(-n2nnnc2CN2CCNCC2)cc1.Cl.Cl. The van der Waals surface area contributed by atoms with Crippen LogP contribution in [0.25, 0.3) is 5.69 Å². The zero-order valence-corrected chi connectivity index (χ0v) is 13.5. The minimum absolute atomic E-state index is 0. The monoisotopic (exact) mass is 330 g/mol. The van der Waals surface area contributed by atoms with E-state index in [0.29, 0.717) is 0 Å². The third kappa shape index (κ3) is 4.38. The van der Waals surface area contributed by atoms with Gasteiger partial charge in [-0.25, -0.2) is 0 Å². The molecule has 0 unspecified atom stereocenters. The first kappa shape index (κ1) is 17.8. The van der Waals surface area contributed by atoms with Gasteiger partial charge >= 0.3 is 0 Å². The molecule has 116 valence electrons. The Balaban J connectivity index is 0.00000110. The van der Waals surface area contributed by atoms with E-state index >= 15 is 0 Å². The van der Waals surface area contributed by atoms with Crippen molar-refractivity contribution in [2.24, 2.45) is 0 Å². The molecule has 6 nitrogen and oxygen atoms in total. The van der Waals surface area contributed by atoms with Crippen molar-refractivity contribution in [2.75, 3.05) is 26.2 Å². The van der Waals surface area contributed by atoms with Crippen molar-refractivity contribution in [3.05, 3.63) is 35.7 Å². The maximum Gasteiger partial charge on any atom is 0.170 e. The van der Waals surface area contributed by atoms with Gasteiger partial charge in [0.2, 0.25) is 0 Å². The topological polar surface area (TPSA) is 58.9 Å². The van der Waals surface area contributed by atoms with Crippen molar-refractivity contribution >= 4 is 24.8 Å². The van der Waals surface area contributed by atoms with Crippen LogP contribution in [0.5, 0.6) is 0 Å². The van der Waals surface area contributed by atoms with Gasteiger partial charge in [-0.3, -0.25) is 4.90 Å². The standard InChI is InChI=1S/C13H18N6.2ClH/c1-11-2-4-12(5-3-11)19-13(15-16-17-19)10-18-8-6-14-7-9-18;;/h2-5,14H,6-10H2,1H3;2*1H. The maximum atomic E-state index is 4.15. The van der Waals surface area contributed by atoms with Gasteiger partial charge in [0.05, 0.1) is 12.2 Å². The summed E-state index contributed by atoms with van der Waals surface area (Å²) in [4.78, 5) is 2.37. The summed E-state index contributed by atoms with van der Waals surface area (Å²) in [6, 6.07) is 8.25. The molecule has 21 heavy (non-hydrogen) atoms. The number of hydrogen-bond acceptors (Lipinski definition) is 5. The van der Waals surface area contributed by atoms with Crippen LogP contribution in [0, 0.1) is 6.92 Å². The second-order valence-electron chi connectivity index (χ2n) is 4.87. The molecule has 0 atom stereocenters. The summed E-state index contributed by atoms with van der Waals surface area (Å²) in [6.45, 7) is 7.02. The van der Waals surface area contributed by atoms with E-state index in [1.54, 1.807) is 0 Å². The molecule has 8 heteroatoms. The van der Waals surface area contributed by atoms with Crippen LogP contribution in [0.4, 0.5) is 0 Å². The lowest BCUT2D eigenvalue weighted by molar-refractivity contribution is 0.226. The van der Waals surface area contributed by atoms with Crippen molar-refractivity contribution in [1.82, 2.24) is 30.4 Å². The molecule has 0 bridgehead atoms. The summed E-state index contributed by atoms with van der Waals surface area (Å²) >= 11 is 0. The van der Waals surface area contributed by atoms with Crippen molar-refractivity contribution in [2.45, 2.75) is 13.5 Å². The predicted octanol–water partition coefficient (Wildman–Crippen LogP) is 1.22. The predicted molar refractivity (Wildman–Crippen MR) is 86.5 cm³/mol. The Bertz CT molecular complexity index is 536. The lowest BCUT2D eigenvalue weighted by Gasteiger charge is -2.26. The summed E-state index contributed by atoms with van der Waals surface area (Å²) in [5.74, 6) is 0.894. The molecule has 1 saturated heterocycles. The number of piperazine rings is 1. The summed E-state index contributed by atoms with van der Waals surface area (Å²) < 4.78 is 1.82. The molecule has 2 aromatic rings. The smallest absolute Gasteiger partial charge is 0.170 e. The number of hydrogen-bond donors (Lipinski definition) is 1. The van der Waals surface area contributed by atoms with E-state index in [9.17, 15) is 0 Å². The average Bonchev–Trinajstić information content (AvgIpc) is 2.89. The summed E-state index contributed by atoms with van der Waals surface area (Å²) in [5.41, 5.74) is 2.25. The molecule has 2 heterocycles. The van der Waals surface area contributed by atoms with Crippen LogP contribution in [0.2, 0.25) is 0 Å². The molecule has 1 aromatic carbocycles. The number of halogens is 2. The molecule has 0 spiro atoms. The van der Waals surface area contributed by atoms with Crippen LogP contribution < -0.4 is 5.32 Å². The first-order valence-corrected chi connectivity index (χ1v) is 6.60. The van der Waals surface area contributed by atoms with E-state index in [-0.39, 0.29) is 24.8 Å². The van der Waals surface area contributed by atoms with Gasteiger partial charge in [0.15, 0.2) is 5.82 Å². The van der Waals surface area contributed by atoms with E-state index in [1.807, 2.05) is 16.8 Å². The molecule has 1 aliphatic rings. The van der Waals surface area contributed by atoms with Crippen LogP contribution in [0.3, 0.4) is 0 Å². The average molecular weight is 331 g/mol. The third-order valence-corrected chi connectivity index (χ3v) is 3.39. The maximum absolute atomic E-state index is 4.15. The highest BCUT2D eigenvalue weighted by Gasteiger charge is 2.15. The lowest BCUT2D eigenvalue weighted by atomic mass is 10.2. The molecule has 1 aromatic heterocycles. The highest BCUT2D eigenvalue weighted by molar-refractivity contribution is 5.85. The van der Waals surface area contributed by atoms with E-state index in [1.165, 1.54) is 5.56 Å². The molecular formula is C13H20Cl2N6. The zero-order chi connectivity index (χ0) is 13.1. The number of aromatic nitrogens is 4. The lowest BCUT2D eigenvalue weighted by Crippen LogP contribution is -2.43. The second kappa shape index (κ2) is 8.29. The minimum atomic E-state index is 0. The number of nitrogens with one attached hydrogen (secondary N) is 1. The van der Waals surface area contributed by atoms with E-state index in [0.717, 1.165) is 44.2 Å². The van der Waals surface area contributed by atoms with Crippen LogP contribution in [0.1, 0.15) is 11.4 Å². The number of rotatable bonds is 3. The van der Waals surface area contributed by atoms with E-state index in [4.69, 9.17) is 0 Å². The molecule has 1 fully saturated rings. The third-order valence-electron chi connectivity index (χ3n) is 3.39. The van der Waals surface area contributed by atoms with Crippen molar-refractivity contribution in [3.8, 4) is 5.69 Å². The van der Waals surface area contributed by atoms with E-state index in [2.05, 4.69) is 44.8 Å². The fourth-order valence-electron chi connectivity index (χ4n) is 2.26. The first-order valence-electron chi connectivity index (χ1n) is 6.60. The first-order chi connectivity index (χ1) is 9.33. The Morgan fingerprint density at radius 3 is 2.43 bits per heavy atom. The van der Waals surface area contributed by atoms with Crippen LogP contribution in [-0.4, -0.2) is 51.3 Å². The quantitative estimate of drug-likeness (QED) is 0.916. The fraction of sp³-hybridized carbons (Fsp3) is 0.462. The van der Waals surface area contributed by atoms with Gasteiger partial charge in [-0.15, -0.1) is 29.9 Å². The van der Waals surface area contributed by atoms with E-state index < -0.39 is 0 Å². The number of tetrazole rings is 1. The van der Waals surface area contributed by atoms with Gasteiger partial charge in [0.25, 0.3) is 0 Å². The molecule has 0 radical (unpaired) electrons. The van der Waals surface area contributed by atoms with Gasteiger partial charge in [0, 0.05) is 26.2 Å². The highest BCUT2D eigenvalue weighted by Crippen LogP contribution is 2.11. The minimum Gasteiger partial charge on any atom is -0.314 e. The number of benzene rings is 1. The van der Waals surface area contributed by atoms with Crippen molar-refractivity contribution < 1.29 is 0 Å². The van der Waals surface area contributed by atoms with Crippen molar-refractivity contribution in [1.29, 1.82) is 0 Å². The number of aryl methyl sites for hydroxylation is 1.